The number of halogens is 3. The first kappa shape index (κ1) is 30.5. The van der Waals surface area contributed by atoms with E-state index < -0.39 is 12.1 Å². The molecule has 0 saturated heterocycles. The Labute approximate surface area is 163 Å². The molecule has 2 saturated carbocycles. The summed E-state index contributed by atoms with van der Waals surface area (Å²) in [5.74, 6) is -1.14. The van der Waals surface area contributed by atoms with Crippen LogP contribution in [0.2, 0.25) is 0 Å². The summed E-state index contributed by atoms with van der Waals surface area (Å²) in [6, 6.07) is 0. The van der Waals surface area contributed by atoms with Crippen LogP contribution in [0.5, 0.6) is 0 Å². The molecule has 162 valence electrons. The first-order chi connectivity index (χ1) is 10.3. The van der Waals surface area contributed by atoms with Crippen molar-refractivity contribution in [3.63, 3.8) is 0 Å². The summed E-state index contributed by atoms with van der Waals surface area (Å²) in [5, 5.41) is 0. The highest BCUT2D eigenvalue weighted by Crippen LogP contribution is 2.43. The minimum absolute atomic E-state index is 0. The summed E-state index contributed by atoms with van der Waals surface area (Å²) in [7, 11) is 0. The van der Waals surface area contributed by atoms with E-state index in [1.807, 2.05) is 0 Å². The molecule has 26 heavy (non-hydrogen) atoms. The van der Waals surface area contributed by atoms with Crippen molar-refractivity contribution in [3.8, 4) is 0 Å². The number of hydrogen-bond donors (Lipinski definition) is 0. The van der Waals surface area contributed by atoms with Gasteiger partial charge in [-0.3, -0.25) is 0 Å². The van der Waals surface area contributed by atoms with Gasteiger partial charge in [-0.2, -0.15) is 0 Å². The molecule has 0 aliphatic heterocycles. The lowest BCUT2D eigenvalue weighted by molar-refractivity contribution is -0.0582. The van der Waals surface area contributed by atoms with Gasteiger partial charge >= 0.3 is 0 Å². The summed E-state index contributed by atoms with van der Waals surface area (Å²) in [4.78, 5) is 0. The van der Waals surface area contributed by atoms with Gasteiger partial charge in [-0.25, -0.2) is 13.2 Å². The highest BCUT2D eigenvalue weighted by molar-refractivity contribution is 4.83. The van der Waals surface area contributed by atoms with Gasteiger partial charge < -0.3 is 0 Å². The standard InChI is InChI=1S/C10H18F2.C10H19F.3CH4/c1-9(2,3)8-4-6-10(11,12)7-5-8;1-10(2,3)8-4-6-9(11)7-5-8;;;/h8H,4-7H2,1-3H3;8-9H,4-7H2,1-3H3;3*1H4. The smallest absolute Gasteiger partial charge is 0.247 e. The van der Waals surface area contributed by atoms with E-state index in [1.165, 1.54) is 0 Å². The van der Waals surface area contributed by atoms with Crippen LogP contribution in [0.4, 0.5) is 13.2 Å². The van der Waals surface area contributed by atoms with E-state index in [-0.39, 0.29) is 40.5 Å². The maximum Gasteiger partial charge on any atom is 0.248 e. The largest absolute Gasteiger partial charge is 0.248 e. The van der Waals surface area contributed by atoms with Gasteiger partial charge in [-0.15, -0.1) is 0 Å². The SMILES string of the molecule is C.C.C.CC(C)(C)C1CCC(F)(F)CC1.CC(C)(C)C1CCC(F)CC1. The lowest BCUT2D eigenvalue weighted by Crippen LogP contribution is -2.31. The van der Waals surface area contributed by atoms with Crippen molar-refractivity contribution in [2.45, 2.75) is 127 Å². The molecule has 0 spiro atoms. The molecule has 0 unspecified atom stereocenters. The number of rotatable bonds is 0. The fourth-order valence-electron chi connectivity index (χ4n) is 3.82. The van der Waals surface area contributed by atoms with Crippen LogP contribution >= 0.6 is 0 Å². The van der Waals surface area contributed by atoms with Crippen molar-refractivity contribution in [3.05, 3.63) is 0 Å². The third kappa shape index (κ3) is 10.8. The van der Waals surface area contributed by atoms with Crippen molar-refractivity contribution in [1.82, 2.24) is 0 Å². The van der Waals surface area contributed by atoms with E-state index in [4.69, 9.17) is 0 Å². The molecule has 2 aliphatic carbocycles. The van der Waals surface area contributed by atoms with Crippen molar-refractivity contribution in [2.24, 2.45) is 22.7 Å². The lowest BCUT2D eigenvalue weighted by atomic mass is 9.71. The topological polar surface area (TPSA) is 0 Å². The third-order valence-electron chi connectivity index (χ3n) is 5.82. The van der Waals surface area contributed by atoms with Crippen LogP contribution < -0.4 is 0 Å². The predicted octanol–water partition coefficient (Wildman–Crippen LogP) is 9.33. The average Bonchev–Trinajstić information content (AvgIpc) is 2.37. The maximum absolute atomic E-state index is 12.8. The van der Waals surface area contributed by atoms with Gasteiger partial charge in [0.15, 0.2) is 0 Å². The highest BCUT2D eigenvalue weighted by Gasteiger charge is 2.38. The molecule has 0 atom stereocenters. The van der Waals surface area contributed by atoms with Crippen LogP contribution in [0.3, 0.4) is 0 Å². The fourth-order valence-corrected chi connectivity index (χ4v) is 3.82. The quantitative estimate of drug-likeness (QED) is 0.391. The Balaban J connectivity index is -0.000000366. The second kappa shape index (κ2) is 11.6. The van der Waals surface area contributed by atoms with Gasteiger partial charge in [-0.1, -0.05) is 63.8 Å². The number of hydrogen-bond acceptors (Lipinski definition) is 0. The Hall–Kier alpha value is -0.210. The molecule has 0 aromatic rings. The Bertz CT molecular complexity index is 331. The highest BCUT2D eigenvalue weighted by atomic mass is 19.3. The van der Waals surface area contributed by atoms with Crippen LogP contribution in [0, 0.1) is 22.7 Å². The van der Waals surface area contributed by atoms with E-state index in [1.54, 1.807) is 0 Å². The van der Waals surface area contributed by atoms with Gasteiger partial charge in [-0.05, 0) is 61.2 Å². The molecular weight excluding hydrogens is 333 g/mol. The van der Waals surface area contributed by atoms with E-state index in [0.29, 0.717) is 24.2 Å². The average molecular weight is 383 g/mol. The summed E-state index contributed by atoms with van der Waals surface area (Å²) in [6.45, 7) is 13.2. The molecule has 2 aliphatic rings. The monoisotopic (exact) mass is 382 g/mol. The van der Waals surface area contributed by atoms with Gasteiger partial charge in [0.25, 0.3) is 0 Å². The summed E-state index contributed by atoms with van der Waals surface area (Å²) in [5.41, 5.74) is 0.594. The van der Waals surface area contributed by atoms with Gasteiger partial charge in [0.2, 0.25) is 5.92 Å². The van der Waals surface area contributed by atoms with E-state index in [0.717, 1.165) is 31.6 Å². The van der Waals surface area contributed by atoms with Gasteiger partial charge in [0.1, 0.15) is 6.17 Å². The summed E-state index contributed by atoms with van der Waals surface area (Å²) < 4.78 is 38.3. The van der Waals surface area contributed by atoms with Crippen molar-refractivity contribution in [1.29, 1.82) is 0 Å². The van der Waals surface area contributed by atoms with Crippen LogP contribution in [0.25, 0.3) is 0 Å². The predicted molar refractivity (Wildman–Crippen MR) is 113 cm³/mol. The Morgan fingerprint density at radius 1 is 0.615 bits per heavy atom. The van der Waals surface area contributed by atoms with E-state index >= 15 is 0 Å². The molecule has 0 N–H and O–H groups in total. The van der Waals surface area contributed by atoms with Crippen molar-refractivity contribution < 1.29 is 13.2 Å². The Morgan fingerprint density at radius 3 is 1.23 bits per heavy atom. The van der Waals surface area contributed by atoms with Gasteiger partial charge in [0, 0.05) is 12.8 Å². The first-order valence-corrected chi connectivity index (χ1v) is 9.33. The molecule has 0 nitrogen and oxygen atoms in total. The zero-order valence-corrected chi connectivity index (χ0v) is 16.0. The number of alkyl halides is 3. The Morgan fingerprint density at radius 2 is 0.923 bits per heavy atom. The van der Waals surface area contributed by atoms with Crippen LogP contribution in [0.15, 0.2) is 0 Å². The molecule has 0 aromatic carbocycles. The zero-order valence-electron chi connectivity index (χ0n) is 16.0. The normalized spacial score (nSPS) is 26.2. The fraction of sp³-hybridized carbons (Fsp3) is 1.00. The molecular formula is C23H49F3. The van der Waals surface area contributed by atoms with E-state index in [9.17, 15) is 13.2 Å². The van der Waals surface area contributed by atoms with Crippen LogP contribution in [-0.2, 0) is 0 Å². The van der Waals surface area contributed by atoms with Crippen LogP contribution in [-0.4, -0.2) is 12.1 Å². The maximum atomic E-state index is 12.8. The minimum Gasteiger partial charge on any atom is -0.247 e. The molecule has 0 heterocycles. The second-order valence-corrected chi connectivity index (χ2v) is 9.81. The zero-order chi connectivity index (χ0) is 17.9. The minimum atomic E-state index is -2.37. The van der Waals surface area contributed by atoms with E-state index in [2.05, 4.69) is 41.5 Å². The molecule has 2 fully saturated rings. The molecule has 0 amide bonds. The van der Waals surface area contributed by atoms with Gasteiger partial charge in [0.05, 0.1) is 0 Å². The summed E-state index contributed by atoms with van der Waals surface area (Å²) in [6.07, 6.45) is 4.82. The molecule has 3 heteroatoms. The van der Waals surface area contributed by atoms with Crippen LogP contribution in [0.1, 0.15) is 115 Å². The Kier molecular flexibility index (Phi) is 13.6. The van der Waals surface area contributed by atoms with Crippen molar-refractivity contribution >= 4 is 0 Å². The molecule has 0 bridgehead atoms. The second-order valence-electron chi connectivity index (χ2n) is 9.81. The summed E-state index contributed by atoms with van der Waals surface area (Å²) >= 11 is 0. The molecule has 0 radical (unpaired) electrons. The third-order valence-corrected chi connectivity index (χ3v) is 5.82. The lowest BCUT2D eigenvalue weighted by Gasteiger charge is -2.36. The van der Waals surface area contributed by atoms with Crippen molar-refractivity contribution in [2.75, 3.05) is 0 Å². The molecule has 0 aromatic heterocycles. The first-order valence-electron chi connectivity index (χ1n) is 9.33. The molecule has 2 rings (SSSR count).